The number of hydrogen-bond donors (Lipinski definition) is 0. The Kier molecular flexibility index (Phi) is 2.96. The van der Waals surface area contributed by atoms with E-state index in [1.165, 1.54) is 4.90 Å². The van der Waals surface area contributed by atoms with E-state index in [0.29, 0.717) is 5.02 Å². The van der Waals surface area contributed by atoms with Gasteiger partial charge < -0.3 is 0 Å². The second kappa shape index (κ2) is 4.15. The number of hydrogen-bond acceptors (Lipinski definition) is 2. The van der Waals surface area contributed by atoms with Gasteiger partial charge >= 0.3 is 0 Å². The Balaban J connectivity index is 2.23. The van der Waals surface area contributed by atoms with Crippen molar-refractivity contribution < 1.29 is 9.59 Å². The fourth-order valence-electron chi connectivity index (χ4n) is 1.98. The number of carbonyl (C=O) groups excluding carboxylic acids is 2. The topological polar surface area (TPSA) is 37.4 Å². The molecule has 0 aromatic heterocycles. The first-order valence-electron chi connectivity index (χ1n) is 5.50. The molecule has 0 radical (unpaired) electrons. The third kappa shape index (κ3) is 2.20. The molecule has 1 aliphatic heterocycles. The number of rotatable bonds is 2. The van der Waals surface area contributed by atoms with Gasteiger partial charge in [-0.15, -0.1) is 0 Å². The van der Waals surface area contributed by atoms with E-state index < -0.39 is 5.41 Å². The number of benzene rings is 1. The van der Waals surface area contributed by atoms with Crippen molar-refractivity contribution in [3.8, 4) is 0 Å². The standard InChI is InChI=1S/C13H14ClNO2/c1-13(2)7-11(16)15(12(13)17)8-9-5-3-4-6-10(9)14/h3-6H,7-8H2,1-2H3. The summed E-state index contributed by atoms with van der Waals surface area (Å²) in [6.07, 6.45) is 0.274. The third-order valence-electron chi connectivity index (χ3n) is 3.00. The molecule has 0 unspecified atom stereocenters. The molecule has 1 fully saturated rings. The van der Waals surface area contributed by atoms with Crippen molar-refractivity contribution in [2.75, 3.05) is 0 Å². The summed E-state index contributed by atoms with van der Waals surface area (Å²) in [6.45, 7) is 3.85. The monoisotopic (exact) mass is 251 g/mol. The maximum Gasteiger partial charge on any atom is 0.235 e. The predicted octanol–water partition coefficient (Wildman–Crippen LogP) is 2.63. The molecule has 1 saturated heterocycles. The summed E-state index contributed by atoms with van der Waals surface area (Å²) in [5, 5.41) is 0.581. The lowest BCUT2D eigenvalue weighted by molar-refractivity contribution is -0.141. The van der Waals surface area contributed by atoms with Crippen molar-refractivity contribution in [3.05, 3.63) is 34.9 Å². The third-order valence-corrected chi connectivity index (χ3v) is 3.37. The molecule has 0 bridgehead atoms. The van der Waals surface area contributed by atoms with Gasteiger partial charge in [0.25, 0.3) is 0 Å². The molecule has 1 aromatic rings. The van der Waals surface area contributed by atoms with E-state index in [1.54, 1.807) is 19.9 Å². The van der Waals surface area contributed by atoms with Crippen LogP contribution in [0.5, 0.6) is 0 Å². The van der Waals surface area contributed by atoms with Gasteiger partial charge in [0.1, 0.15) is 0 Å². The molecule has 90 valence electrons. The van der Waals surface area contributed by atoms with Crippen LogP contribution in [-0.2, 0) is 16.1 Å². The average Bonchev–Trinajstić information content (AvgIpc) is 2.43. The van der Waals surface area contributed by atoms with Crippen LogP contribution in [0, 0.1) is 5.41 Å². The van der Waals surface area contributed by atoms with E-state index in [2.05, 4.69) is 0 Å². The first kappa shape index (κ1) is 12.1. The van der Waals surface area contributed by atoms with Crippen LogP contribution in [0.3, 0.4) is 0 Å². The number of imide groups is 1. The smallest absolute Gasteiger partial charge is 0.235 e. The highest BCUT2D eigenvalue weighted by Gasteiger charge is 2.44. The van der Waals surface area contributed by atoms with Gasteiger partial charge in [-0.25, -0.2) is 0 Å². The number of carbonyl (C=O) groups is 2. The fraction of sp³-hybridized carbons (Fsp3) is 0.385. The van der Waals surface area contributed by atoms with Crippen LogP contribution < -0.4 is 0 Å². The molecule has 0 saturated carbocycles. The quantitative estimate of drug-likeness (QED) is 0.758. The number of amides is 2. The van der Waals surface area contributed by atoms with Gasteiger partial charge in [0.2, 0.25) is 11.8 Å². The van der Waals surface area contributed by atoms with Crippen LogP contribution in [0.4, 0.5) is 0 Å². The van der Waals surface area contributed by atoms with Crippen molar-refractivity contribution in [1.29, 1.82) is 0 Å². The molecule has 0 spiro atoms. The molecular formula is C13H14ClNO2. The number of halogens is 1. The van der Waals surface area contributed by atoms with E-state index in [1.807, 2.05) is 18.2 Å². The zero-order valence-electron chi connectivity index (χ0n) is 9.87. The van der Waals surface area contributed by atoms with E-state index >= 15 is 0 Å². The van der Waals surface area contributed by atoms with Crippen molar-refractivity contribution in [2.24, 2.45) is 5.41 Å². The molecule has 1 aromatic carbocycles. The largest absolute Gasteiger partial charge is 0.278 e. The average molecular weight is 252 g/mol. The first-order chi connectivity index (χ1) is 7.92. The van der Waals surface area contributed by atoms with Crippen LogP contribution >= 0.6 is 11.6 Å². The number of likely N-dealkylation sites (tertiary alicyclic amines) is 1. The molecule has 2 rings (SSSR count). The molecular weight excluding hydrogens is 238 g/mol. The molecule has 0 aliphatic carbocycles. The van der Waals surface area contributed by atoms with Crippen molar-refractivity contribution >= 4 is 23.4 Å². The molecule has 1 aliphatic rings. The van der Waals surface area contributed by atoms with E-state index in [4.69, 9.17) is 11.6 Å². The summed E-state index contributed by atoms with van der Waals surface area (Å²) in [5.74, 6) is -0.248. The summed E-state index contributed by atoms with van der Waals surface area (Å²) in [5.41, 5.74) is 0.215. The van der Waals surface area contributed by atoms with Gasteiger partial charge in [-0.3, -0.25) is 14.5 Å². The summed E-state index contributed by atoms with van der Waals surface area (Å²) in [7, 11) is 0. The van der Waals surface area contributed by atoms with Crippen molar-refractivity contribution in [2.45, 2.75) is 26.8 Å². The summed E-state index contributed by atoms with van der Waals surface area (Å²) < 4.78 is 0. The highest BCUT2D eigenvalue weighted by molar-refractivity contribution is 6.31. The number of nitrogens with zero attached hydrogens (tertiary/aromatic N) is 1. The Bertz CT molecular complexity index is 482. The van der Waals surface area contributed by atoms with Gasteiger partial charge in [-0.1, -0.05) is 43.6 Å². The highest BCUT2D eigenvalue weighted by Crippen LogP contribution is 2.33. The van der Waals surface area contributed by atoms with Gasteiger partial charge in [-0.05, 0) is 11.6 Å². The zero-order valence-corrected chi connectivity index (χ0v) is 10.6. The first-order valence-corrected chi connectivity index (χ1v) is 5.88. The Labute approximate surface area is 105 Å². The fourth-order valence-corrected chi connectivity index (χ4v) is 2.18. The minimum absolute atomic E-state index is 0.123. The molecule has 0 N–H and O–H groups in total. The minimum atomic E-state index is -0.585. The van der Waals surface area contributed by atoms with Crippen LogP contribution in [-0.4, -0.2) is 16.7 Å². The van der Waals surface area contributed by atoms with Gasteiger partial charge in [-0.2, -0.15) is 0 Å². The van der Waals surface area contributed by atoms with Crippen LogP contribution in [0.15, 0.2) is 24.3 Å². The lowest BCUT2D eigenvalue weighted by Crippen LogP contribution is -2.32. The van der Waals surface area contributed by atoms with E-state index in [0.717, 1.165) is 5.56 Å². The van der Waals surface area contributed by atoms with Crippen molar-refractivity contribution in [1.82, 2.24) is 4.90 Å². The maximum absolute atomic E-state index is 12.0. The van der Waals surface area contributed by atoms with Gasteiger partial charge in [0, 0.05) is 11.4 Å². The molecule has 1 heterocycles. The molecule has 3 nitrogen and oxygen atoms in total. The highest BCUT2D eigenvalue weighted by atomic mass is 35.5. The predicted molar refractivity (Wildman–Crippen MR) is 65.4 cm³/mol. The molecule has 2 amide bonds. The van der Waals surface area contributed by atoms with Crippen molar-refractivity contribution in [3.63, 3.8) is 0 Å². The van der Waals surface area contributed by atoms with Crippen LogP contribution in [0.1, 0.15) is 25.8 Å². The second-order valence-electron chi connectivity index (χ2n) is 4.94. The van der Waals surface area contributed by atoms with Crippen LogP contribution in [0.25, 0.3) is 0 Å². The SMILES string of the molecule is CC1(C)CC(=O)N(Cc2ccccc2Cl)C1=O. The Morgan fingerprint density at radius 1 is 1.29 bits per heavy atom. The summed E-state index contributed by atoms with van der Waals surface area (Å²) in [4.78, 5) is 25.1. The van der Waals surface area contributed by atoms with Gasteiger partial charge in [0.05, 0.1) is 12.0 Å². The Morgan fingerprint density at radius 2 is 1.94 bits per heavy atom. The normalized spacial score (nSPS) is 18.9. The Hall–Kier alpha value is -1.35. The molecule has 17 heavy (non-hydrogen) atoms. The molecule has 0 atom stereocenters. The maximum atomic E-state index is 12.0. The Morgan fingerprint density at radius 3 is 2.47 bits per heavy atom. The summed E-state index contributed by atoms with van der Waals surface area (Å²) in [6, 6.07) is 7.25. The lowest BCUT2D eigenvalue weighted by Gasteiger charge is -2.18. The van der Waals surface area contributed by atoms with Crippen LogP contribution in [0.2, 0.25) is 5.02 Å². The van der Waals surface area contributed by atoms with E-state index in [9.17, 15) is 9.59 Å². The minimum Gasteiger partial charge on any atom is -0.278 e. The molecule has 4 heteroatoms. The lowest BCUT2D eigenvalue weighted by atomic mass is 9.92. The zero-order chi connectivity index (χ0) is 12.6. The van der Waals surface area contributed by atoms with E-state index in [-0.39, 0.29) is 24.8 Å². The summed E-state index contributed by atoms with van der Waals surface area (Å²) >= 11 is 6.02. The second-order valence-corrected chi connectivity index (χ2v) is 5.34. The van der Waals surface area contributed by atoms with Gasteiger partial charge in [0.15, 0.2) is 0 Å².